The van der Waals surface area contributed by atoms with Crippen molar-refractivity contribution in [2.45, 2.75) is 32.6 Å². The third-order valence-electron chi connectivity index (χ3n) is 4.21. The number of hydrogen-bond acceptors (Lipinski definition) is 4. The van der Waals surface area contributed by atoms with Crippen LogP contribution in [0.5, 0.6) is 5.75 Å². The number of aliphatic hydroxyl groups excluding tert-OH is 1. The Bertz CT molecular complexity index is 496. The van der Waals surface area contributed by atoms with Crippen molar-refractivity contribution in [2.24, 2.45) is 5.41 Å². The lowest BCUT2D eigenvalue weighted by atomic mass is 9.87. The first-order valence-corrected chi connectivity index (χ1v) is 7.52. The highest BCUT2D eigenvalue weighted by Gasteiger charge is 2.33. The summed E-state index contributed by atoms with van der Waals surface area (Å²) in [5.41, 5.74) is 6.52. The quantitative estimate of drug-likeness (QED) is 0.700. The number of anilines is 1. The zero-order chi connectivity index (χ0) is 15.3. The smallest absolute Gasteiger partial charge is 0.257 e. The van der Waals surface area contributed by atoms with E-state index in [-0.39, 0.29) is 17.9 Å². The number of hydrogen-bond donors (Lipinski definition) is 3. The van der Waals surface area contributed by atoms with E-state index in [1.165, 1.54) is 0 Å². The van der Waals surface area contributed by atoms with Crippen LogP contribution in [-0.2, 0) is 0 Å². The first-order chi connectivity index (χ1) is 10.1. The molecule has 21 heavy (non-hydrogen) atoms. The maximum absolute atomic E-state index is 12.4. The van der Waals surface area contributed by atoms with Gasteiger partial charge in [0.2, 0.25) is 0 Å². The minimum absolute atomic E-state index is 0.107. The summed E-state index contributed by atoms with van der Waals surface area (Å²) in [7, 11) is 0. The van der Waals surface area contributed by atoms with Crippen molar-refractivity contribution in [1.29, 1.82) is 0 Å². The molecule has 0 aliphatic heterocycles. The van der Waals surface area contributed by atoms with Crippen LogP contribution in [0.25, 0.3) is 0 Å². The van der Waals surface area contributed by atoms with Crippen LogP contribution in [0.2, 0.25) is 0 Å². The minimum atomic E-state index is -0.240. The van der Waals surface area contributed by atoms with Crippen molar-refractivity contribution in [1.82, 2.24) is 5.32 Å². The highest BCUT2D eigenvalue weighted by atomic mass is 16.5. The number of nitrogens with one attached hydrogen (secondary N) is 1. The molecule has 1 fully saturated rings. The Morgan fingerprint density at radius 2 is 2.14 bits per heavy atom. The summed E-state index contributed by atoms with van der Waals surface area (Å²) >= 11 is 0. The summed E-state index contributed by atoms with van der Waals surface area (Å²) in [4.78, 5) is 12.4. The standard InChI is InChI=1S/C16H24N2O3/c1-2-21-13-7-5-6-12(17)14(13)15(20)18-10-16(11-19)8-3-4-9-16/h5-7,19H,2-4,8-11,17H2,1H3,(H,18,20). The Morgan fingerprint density at radius 1 is 1.43 bits per heavy atom. The number of nitrogens with two attached hydrogens (primary N) is 1. The van der Waals surface area contributed by atoms with Crippen LogP contribution in [0.3, 0.4) is 0 Å². The van der Waals surface area contributed by atoms with Gasteiger partial charge in [-0.05, 0) is 31.9 Å². The fourth-order valence-corrected chi connectivity index (χ4v) is 2.94. The maximum atomic E-state index is 12.4. The topological polar surface area (TPSA) is 84.6 Å². The second-order valence-corrected chi connectivity index (χ2v) is 5.70. The van der Waals surface area contributed by atoms with Crippen LogP contribution in [0, 0.1) is 5.41 Å². The number of carbonyl (C=O) groups excluding carboxylic acids is 1. The summed E-state index contributed by atoms with van der Waals surface area (Å²) in [6.07, 6.45) is 4.11. The molecule has 1 aliphatic rings. The Labute approximate surface area is 125 Å². The van der Waals surface area contributed by atoms with E-state index in [0.717, 1.165) is 25.7 Å². The molecule has 1 saturated carbocycles. The van der Waals surface area contributed by atoms with Crippen molar-refractivity contribution in [3.05, 3.63) is 23.8 Å². The molecule has 0 atom stereocenters. The number of amides is 1. The Hall–Kier alpha value is -1.75. The Morgan fingerprint density at radius 3 is 2.76 bits per heavy atom. The van der Waals surface area contributed by atoms with Gasteiger partial charge in [-0.25, -0.2) is 0 Å². The molecule has 116 valence electrons. The van der Waals surface area contributed by atoms with E-state index in [4.69, 9.17) is 10.5 Å². The number of benzene rings is 1. The summed E-state index contributed by atoms with van der Waals surface area (Å²) in [6.45, 7) is 2.92. The molecule has 0 unspecified atom stereocenters. The minimum Gasteiger partial charge on any atom is -0.493 e. The molecule has 1 aromatic rings. The first kappa shape index (κ1) is 15.6. The number of ether oxygens (including phenoxy) is 1. The van der Waals surface area contributed by atoms with Crippen LogP contribution >= 0.6 is 0 Å². The van der Waals surface area contributed by atoms with Gasteiger partial charge in [0.15, 0.2) is 0 Å². The number of aliphatic hydroxyl groups is 1. The average Bonchev–Trinajstić information content (AvgIpc) is 2.95. The number of rotatable bonds is 6. The van der Waals surface area contributed by atoms with Gasteiger partial charge in [-0.1, -0.05) is 18.9 Å². The predicted molar refractivity (Wildman–Crippen MR) is 82.3 cm³/mol. The largest absolute Gasteiger partial charge is 0.493 e. The highest BCUT2D eigenvalue weighted by Crippen LogP contribution is 2.37. The first-order valence-electron chi connectivity index (χ1n) is 7.52. The number of nitrogen functional groups attached to an aromatic ring is 1. The summed E-state index contributed by atoms with van der Waals surface area (Å²) in [5, 5.41) is 12.5. The normalized spacial score (nSPS) is 16.7. The summed E-state index contributed by atoms with van der Waals surface area (Å²) in [5.74, 6) is 0.260. The highest BCUT2D eigenvalue weighted by molar-refractivity contribution is 6.01. The SMILES string of the molecule is CCOc1cccc(N)c1C(=O)NCC1(CO)CCCC1. The second kappa shape index (κ2) is 6.80. The lowest BCUT2D eigenvalue weighted by Crippen LogP contribution is -2.38. The summed E-state index contributed by atoms with van der Waals surface area (Å²) in [6, 6.07) is 5.20. The molecule has 0 radical (unpaired) electrons. The Balaban J connectivity index is 2.10. The van der Waals surface area contributed by atoms with Crippen LogP contribution in [0.15, 0.2) is 18.2 Å². The van der Waals surface area contributed by atoms with Crippen LogP contribution in [0.1, 0.15) is 43.0 Å². The van der Waals surface area contributed by atoms with Crippen molar-refractivity contribution in [3.8, 4) is 5.75 Å². The molecule has 0 saturated heterocycles. The van der Waals surface area contributed by atoms with E-state index in [1.807, 2.05) is 6.92 Å². The average molecular weight is 292 g/mol. The molecule has 0 bridgehead atoms. The molecular weight excluding hydrogens is 268 g/mol. The van der Waals surface area contributed by atoms with Gasteiger partial charge in [0.05, 0.1) is 13.2 Å². The molecule has 0 aromatic heterocycles. The molecule has 1 aromatic carbocycles. The van der Waals surface area contributed by atoms with Gasteiger partial charge in [0.25, 0.3) is 5.91 Å². The van der Waals surface area contributed by atoms with Crippen molar-refractivity contribution >= 4 is 11.6 Å². The molecule has 2 rings (SSSR count). The lowest BCUT2D eigenvalue weighted by Gasteiger charge is -2.26. The van der Waals surface area contributed by atoms with Crippen LogP contribution in [-0.4, -0.2) is 30.8 Å². The van der Waals surface area contributed by atoms with E-state index >= 15 is 0 Å². The third kappa shape index (κ3) is 3.47. The van der Waals surface area contributed by atoms with Crippen LogP contribution < -0.4 is 15.8 Å². The van der Waals surface area contributed by atoms with Gasteiger partial charge < -0.3 is 20.9 Å². The van der Waals surface area contributed by atoms with Gasteiger partial charge in [-0.3, -0.25) is 4.79 Å². The molecular formula is C16H24N2O3. The van der Waals surface area contributed by atoms with E-state index in [0.29, 0.717) is 30.2 Å². The van der Waals surface area contributed by atoms with E-state index < -0.39 is 0 Å². The fraction of sp³-hybridized carbons (Fsp3) is 0.562. The van der Waals surface area contributed by atoms with Gasteiger partial charge in [0.1, 0.15) is 11.3 Å². The number of carbonyl (C=O) groups is 1. The molecule has 5 heteroatoms. The van der Waals surface area contributed by atoms with Gasteiger partial charge in [-0.2, -0.15) is 0 Å². The van der Waals surface area contributed by atoms with Crippen molar-refractivity contribution < 1.29 is 14.6 Å². The maximum Gasteiger partial charge on any atom is 0.257 e. The predicted octanol–water partition coefficient (Wildman–Crippen LogP) is 1.95. The van der Waals surface area contributed by atoms with E-state index in [2.05, 4.69) is 5.32 Å². The van der Waals surface area contributed by atoms with Gasteiger partial charge in [0, 0.05) is 17.6 Å². The molecule has 4 N–H and O–H groups in total. The van der Waals surface area contributed by atoms with E-state index in [9.17, 15) is 9.90 Å². The lowest BCUT2D eigenvalue weighted by molar-refractivity contribution is 0.0878. The van der Waals surface area contributed by atoms with E-state index in [1.54, 1.807) is 18.2 Å². The zero-order valence-electron chi connectivity index (χ0n) is 12.5. The molecule has 0 heterocycles. The monoisotopic (exact) mass is 292 g/mol. The Kier molecular flexibility index (Phi) is 5.07. The van der Waals surface area contributed by atoms with Crippen LogP contribution in [0.4, 0.5) is 5.69 Å². The second-order valence-electron chi connectivity index (χ2n) is 5.70. The van der Waals surface area contributed by atoms with Crippen molar-refractivity contribution in [2.75, 3.05) is 25.5 Å². The van der Waals surface area contributed by atoms with Crippen molar-refractivity contribution in [3.63, 3.8) is 0 Å². The van der Waals surface area contributed by atoms with Gasteiger partial charge >= 0.3 is 0 Å². The molecule has 1 aliphatic carbocycles. The molecule has 5 nitrogen and oxygen atoms in total. The van der Waals surface area contributed by atoms with Gasteiger partial charge in [-0.15, -0.1) is 0 Å². The summed E-state index contributed by atoms with van der Waals surface area (Å²) < 4.78 is 5.47. The fourth-order valence-electron chi connectivity index (χ4n) is 2.94. The zero-order valence-corrected chi connectivity index (χ0v) is 12.5. The molecule has 1 amide bonds. The third-order valence-corrected chi connectivity index (χ3v) is 4.21. The molecule has 0 spiro atoms.